The molecule has 0 bridgehead atoms. The molecule has 0 amide bonds. The summed E-state index contributed by atoms with van der Waals surface area (Å²) in [5.74, 6) is 0. The number of hydrogen-bond donors (Lipinski definition) is 0. The average molecular weight is 247 g/mol. The van der Waals surface area contributed by atoms with Gasteiger partial charge in [-0.25, -0.2) is 0 Å². The van der Waals surface area contributed by atoms with Crippen molar-refractivity contribution in [1.82, 2.24) is 4.98 Å². The Morgan fingerprint density at radius 1 is 0.737 bits per heavy atom. The molecule has 3 aromatic rings. The van der Waals surface area contributed by atoms with Crippen LogP contribution in [0.5, 0.6) is 0 Å². The molecule has 0 spiro atoms. The first-order valence-corrected chi connectivity index (χ1v) is 6.32. The summed E-state index contributed by atoms with van der Waals surface area (Å²) in [4.78, 5) is 4.04. The molecule has 1 aromatic carbocycles. The van der Waals surface area contributed by atoms with E-state index in [-0.39, 0.29) is 0 Å². The summed E-state index contributed by atoms with van der Waals surface area (Å²) < 4.78 is 2.12. The number of rotatable bonds is 2. The van der Waals surface area contributed by atoms with E-state index in [9.17, 15) is 0 Å². The van der Waals surface area contributed by atoms with E-state index >= 15 is 0 Å². The van der Waals surface area contributed by atoms with Crippen LogP contribution in [-0.2, 0) is 0 Å². The normalized spacial score (nSPS) is 10.4. The lowest BCUT2D eigenvalue weighted by molar-refractivity contribution is -0.595. The van der Waals surface area contributed by atoms with Gasteiger partial charge in [0.2, 0.25) is 5.69 Å². The SMILES string of the molecule is Cc1ccc(-[n+]2ccc(-c3ccncc3)cc2)cc1. The van der Waals surface area contributed by atoms with Gasteiger partial charge >= 0.3 is 0 Å². The molecule has 0 aliphatic rings. The molecule has 2 heteroatoms. The molecule has 19 heavy (non-hydrogen) atoms. The first kappa shape index (κ1) is 11.6. The summed E-state index contributed by atoms with van der Waals surface area (Å²) in [6.45, 7) is 2.10. The molecule has 0 fully saturated rings. The quantitative estimate of drug-likeness (QED) is 0.635. The Morgan fingerprint density at radius 2 is 1.32 bits per heavy atom. The predicted octanol–water partition coefficient (Wildman–Crippen LogP) is 3.33. The van der Waals surface area contributed by atoms with E-state index in [0.717, 1.165) is 0 Å². The van der Waals surface area contributed by atoms with Gasteiger partial charge in [0.05, 0.1) is 0 Å². The number of aryl methyl sites for hydroxylation is 1. The lowest BCUT2D eigenvalue weighted by atomic mass is 10.1. The number of pyridine rings is 2. The fourth-order valence-electron chi connectivity index (χ4n) is 2.05. The Bertz CT molecular complexity index is 656. The van der Waals surface area contributed by atoms with E-state index in [2.05, 4.69) is 65.3 Å². The molecule has 2 aromatic heterocycles. The van der Waals surface area contributed by atoms with E-state index in [0.29, 0.717) is 0 Å². The Kier molecular flexibility index (Phi) is 3.07. The molecule has 0 radical (unpaired) electrons. The van der Waals surface area contributed by atoms with Crippen LogP contribution in [0.15, 0.2) is 73.3 Å². The topological polar surface area (TPSA) is 16.8 Å². The predicted molar refractivity (Wildman–Crippen MR) is 75.9 cm³/mol. The van der Waals surface area contributed by atoms with Crippen LogP contribution >= 0.6 is 0 Å². The average Bonchev–Trinajstić information content (AvgIpc) is 2.49. The van der Waals surface area contributed by atoms with Gasteiger partial charge in [-0.3, -0.25) is 4.98 Å². The van der Waals surface area contributed by atoms with E-state index in [4.69, 9.17) is 0 Å². The van der Waals surface area contributed by atoms with Gasteiger partial charge < -0.3 is 0 Å². The van der Waals surface area contributed by atoms with Gasteiger partial charge in [-0.2, -0.15) is 4.57 Å². The lowest BCUT2D eigenvalue weighted by Crippen LogP contribution is -2.28. The maximum absolute atomic E-state index is 4.04. The second-order valence-electron chi connectivity index (χ2n) is 4.57. The largest absolute Gasteiger partial charge is 0.265 e. The minimum Gasteiger partial charge on any atom is -0.265 e. The number of benzene rings is 1. The van der Waals surface area contributed by atoms with Crippen molar-refractivity contribution < 1.29 is 4.57 Å². The zero-order valence-electron chi connectivity index (χ0n) is 10.8. The van der Waals surface area contributed by atoms with Gasteiger partial charge in [0.1, 0.15) is 0 Å². The maximum Gasteiger partial charge on any atom is 0.210 e. The van der Waals surface area contributed by atoms with Gasteiger partial charge in [0, 0.05) is 36.7 Å². The van der Waals surface area contributed by atoms with E-state index < -0.39 is 0 Å². The van der Waals surface area contributed by atoms with Gasteiger partial charge in [-0.05, 0) is 30.2 Å². The third-order valence-electron chi connectivity index (χ3n) is 3.18. The van der Waals surface area contributed by atoms with E-state index in [1.807, 2.05) is 24.5 Å². The molecule has 0 atom stereocenters. The molecule has 92 valence electrons. The summed E-state index contributed by atoms with van der Waals surface area (Å²) in [6, 6.07) is 16.8. The summed E-state index contributed by atoms with van der Waals surface area (Å²) in [5, 5.41) is 0. The van der Waals surface area contributed by atoms with Gasteiger partial charge in [0.25, 0.3) is 0 Å². The van der Waals surface area contributed by atoms with Crippen molar-refractivity contribution in [3.63, 3.8) is 0 Å². The highest BCUT2D eigenvalue weighted by atomic mass is 14.9. The number of hydrogen-bond acceptors (Lipinski definition) is 1. The van der Waals surface area contributed by atoms with Crippen LogP contribution in [0.1, 0.15) is 5.56 Å². The maximum atomic E-state index is 4.04. The molecule has 0 aliphatic carbocycles. The summed E-state index contributed by atoms with van der Waals surface area (Å²) in [6.07, 6.45) is 7.80. The van der Waals surface area contributed by atoms with Gasteiger partial charge in [-0.1, -0.05) is 17.7 Å². The first-order chi connectivity index (χ1) is 9.33. The van der Waals surface area contributed by atoms with Crippen molar-refractivity contribution in [3.05, 3.63) is 78.9 Å². The zero-order valence-corrected chi connectivity index (χ0v) is 10.8. The molecule has 2 heterocycles. The van der Waals surface area contributed by atoms with Crippen molar-refractivity contribution in [2.45, 2.75) is 6.92 Å². The minimum atomic E-state index is 1.17. The molecule has 0 saturated carbocycles. The van der Waals surface area contributed by atoms with Crippen molar-refractivity contribution in [1.29, 1.82) is 0 Å². The Morgan fingerprint density at radius 3 is 1.95 bits per heavy atom. The first-order valence-electron chi connectivity index (χ1n) is 6.32. The molecule has 0 aliphatic heterocycles. The highest BCUT2D eigenvalue weighted by Gasteiger charge is 2.05. The van der Waals surface area contributed by atoms with Crippen LogP contribution in [0, 0.1) is 6.92 Å². The Balaban J connectivity index is 1.93. The van der Waals surface area contributed by atoms with Crippen molar-refractivity contribution in [2.75, 3.05) is 0 Å². The molecular formula is C17H15N2+. The molecule has 2 nitrogen and oxygen atoms in total. The van der Waals surface area contributed by atoms with Crippen molar-refractivity contribution >= 4 is 0 Å². The van der Waals surface area contributed by atoms with Crippen molar-refractivity contribution in [3.8, 4) is 16.8 Å². The van der Waals surface area contributed by atoms with Crippen LogP contribution < -0.4 is 4.57 Å². The minimum absolute atomic E-state index is 1.17. The molecule has 3 rings (SSSR count). The third kappa shape index (κ3) is 2.52. The molecule has 0 N–H and O–H groups in total. The van der Waals surface area contributed by atoms with Crippen LogP contribution in [0.25, 0.3) is 16.8 Å². The summed E-state index contributed by atoms with van der Waals surface area (Å²) in [7, 11) is 0. The van der Waals surface area contributed by atoms with E-state index in [1.54, 1.807) is 0 Å². The highest BCUT2D eigenvalue weighted by Crippen LogP contribution is 2.16. The van der Waals surface area contributed by atoms with E-state index in [1.165, 1.54) is 22.4 Å². The number of nitrogens with zero attached hydrogens (tertiary/aromatic N) is 2. The monoisotopic (exact) mass is 247 g/mol. The second-order valence-corrected chi connectivity index (χ2v) is 4.57. The zero-order chi connectivity index (χ0) is 13.1. The standard InChI is InChI=1S/C17H15N2/c1-14-2-4-17(5-3-14)19-12-8-16(9-13-19)15-6-10-18-11-7-15/h2-13H,1H3/q+1. The molecule has 0 saturated heterocycles. The highest BCUT2D eigenvalue weighted by molar-refractivity contribution is 5.61. The van der Waals surface area contributed by atoms with Gasteiger partial charge in [-0.15, -0.1) is 0 Å². The molecular weight excluding hydrogens is 232 g/mol. The summed E-state index contributed by atoms with van der Waals surface area (Å²) >= 11 is 0. The Labute approximate surface area is 113 Å². The number of aromatic nitrogens is 2. The van der Waals surface area contributed by atoms with Crippen LogP contribution in [0.4, 0.5) is 0 Å². The van der Waals surface area contributed by atoms with Crippen molar-refractivity contribution in [2.24, 2.45) is 0 Å². The fraction of sp³-hybridized carbons (Fsp3) is 0.0588. The van der Waals surface area contributed by atoms with Crippen LogP contribution in [0.3, 0.4) is 0 Å². The van der Waals surface area contributed by atoms with Crippen LogP contribution in [-0.4, -0.2) is 4.98 Å². The lowest BCUT2D eigenvalue weighted by Gasteiger charge is -2.00. The molecule has 0 unspecified atom stereocenters. The third-order valence-corrected chi connectivity index (χ3v) is 3.18. The van der Waals surface area contributed by atoms with Gasteiger partial charge in [0.15, 0.2) is 12.4 Å². The fourth-order valence-corrected chi connectivity index (χ4v) is 2.05. The van der Waals surface area contributed by atoms with Crippen LogP contribution in [0.2, 0.25) is 0 Å². The Hall–Kier alpha value is -2.48. The second kappa shape index (κ2) is 5.02. The smallest absolute Gasteiger partial charge is 0.210 e. The summed E-state index contributed by atoms with van der Waals surface area (Å²) in [5.41, 5.74) is 4.83.